The number of benzene rings is 1. The number of furan rings is 1. The number of allylic oxidation sites excluding steroid dienone is 1. The highest BCUT2D eigenvalue weighted by molar-refractivity contribution is 9.10. The Balaban J connectivity index is 1.63. The Morgan fingerprint density at radius 1 is 1.23 bits per heavy atom. The maximum atomic E-state index is 13.9. The monoisotopic (exact) mass is 626 g/mol. The highest BCUT2D eigenvalue weighted by Crippen LogP contribution is 2.37. The number of hydrogen-bond donors (Lipinski definition) is 0. The highest BCUT2D eigenvalue weighted by Gasteiger charge is 2.35. The van der Waals surface area contributed by atoms with Crippen LogP contribution in [0.15, 0.2) is 89.0 Å². The van der Waals surface area contributed by atoms with Gasteiger partial charge in [-0.05, 0) is 68.9 Å². The van der Waals surface area contributed by atoms with Gasteiger partial charge in [-0.3, -0.25) is 9.36 Å². The fourth-order valence-corrected chi connectivity index (χ4v) is 6.18. The van der Waals surface area contributed by atoms with Crippen LogP contribution in [0, 0.1) is 0 Å². The SMILES string of the molecule is COc1ccc(Br)cc1[C@H]1C(C(=O)OC(C)C)=C(C)N=c2s/c(=C\c3ccc(Sc4ncccn4)o3)c(=O)n21. The molecule has 200 valence electrons. The number of carbonyl (C=O) groups is 1. The first kappa shape index (κ1) is 27.1. The molecule has 0 saturated heterocycles. The van der Waals surface area contributed by atoms with E-state index in [-0.39, 0.29) is 17.2 Å². The lowest BCUT2D eigenvalue weighted by Crippen LogP contribution is -2.40. The highest BCUT2D eigenvalue weighted by atomic mass is 79.9. The van der Waals surface area contributed by atoms with Crippen LogP contribution in [0.25, 0.3) is 6.08 Å². The molecule has 1 aliphatic rings. The van der Waals surface area contributed by atoms with Gasteiger partial charge in [0.1, 0.15) is 17.6 Å². The van der Waals surface area contributed by atoms with Crippen molar-refractivity contribution < 1.29 is 18.7 Å². The average Bonchev–Trinajstić information content (AvgIpc) is 3.46. The molecule has 0 spiro atoms. The summed E-state index contributed by atoms with van der Waals surface area (Å²) in [7, 11) is 1.55. The van der Waals surface area contributed by atoms with E-state index in [9.17, 15) is 9.59 Å². The van der Waals surface area contributed by atoms with Gasteiger partial charge in [-0.15, -0.1) is 0 Å². The van der Waals surface area contributed by atoms with E-state index < -0.39 is 12.0 Å². The third kappa shape index (κ3) is 5.63. The predicted molar refractivity (Wildman–Crippen MR) is 151 cm³/mol. The molecule has 0 amide bonds. The van der Waals surface area contributed by atoms with E-state index in [1.165, 1.54) is 27.7 Å². The Morgan fingerprint density at radius 2 is 2.00 bits per heavy atom. The van der Waals surface area contributed by atoms with Crippen LogP contribution in [0.4, 0.5) is 0 Å². The molecule has 5 rings (SSSR count). The molecule has 4 aromatic rings. The fourth-order valence-electron chi connectivity index (χ4n) is 4.10. The lowest BCUT2D eigenvalue weighted by atomic mass is 9.95. The molecule has 0 unspecified atom stereocenters. The zero-order chi connectivity index (χ0) is 27.7. The molecule has 1 atom stereocenters. The average molecular weight is 628 g/mol. The number of nitrogens with zero attached hydrogens (tertiary/aromatic N) is 4. The minimum Gasteiger partial charge on any atom is -0.496 e. The number of fused-ring (bicyclic) bond motifs is 1. The number of hydrogen-bond acceptors (Lipinski definition) is 10. The second kappa shape index (κ2) is 11.3. The van der Waals surface area contributed by atoms with Crippen molar-refractivity contribution in [1.82, 2.24) is 14.5 Å². The molecular formula is C27H23BrN4O5S2. The number of aromatic nitrogens is 3. The molecule has 1 aliphatic heterocycles. The van der Waals surface area contributed by atoms with Crippen LogP contribution < -0.4 is 19.6 Å². The first-order valence-corrected chi connectivity index (χ1v) is 14.3. The van der Waals surface area contributed by atoms with Gasteiger partial charge < -0.3 is 13.9 Å². The summed E-state index contributed by atoms with van der Waals surface area (Å²) in [6.45, 7) is 5.29. The smallest absolute Gasteiger partial charge is 0.338 e. The van der Waals surface area contributed by atoms with Crippen molar-refractivity contribution in [2.45, 2.75) is 43.2 Å². The molecule has 0 N–H and O–H groups in total. The standard InChI is InChI=1S/C27H23BrN4O5S2/c1-14(2)36-25(34)22-15(3)31-27-32(23(22)18-12-16(28)6-8-19(18)35-4)24(33)20(38-27)13-17-7-9-21(37-17)39-26-29-10-5-11-30-26/h5-14,23H,1-4H3/b20-13-/t23-/m0/s1. The topological polar surface area (TPSA) is 109 Å². The summed E-state index contributed by atoms with van der Waals surface area (Å²) >= 11 is 6.01. The molecule has 4 heterocycles. The Morgan fingerprint density at radius 3 is 2.72 bits per heavy atom. The second-order valence-electron chi connectivity index (χ2n) is 8.71. The molecule has 39 heavy (non-hydrogen) atoms. The van der Waals surface area contributed by atoms with Gasteiger partial charge in [0.15, 0.2) is 15.1 Å². The molecule has 0 bridgehead atoms. The van der Waals surface area contributed by atoms with Crippen LogP contribution >= 0.6 is 39.0 Å². The van der Waals surface area contributed by atoms with Crippen molar-refractivity contribution in [1.29, 1.82) is 0 Å². The lowest BCUT2D eigenvalue weighted by molar-refractivity contribution is -0.143. The summed E-state index contributed by atoms with van der Waals surface area (Å²) in [6, 6.07) is 9.96. The van der Waals surface area contributed by atoms with Crippen LogP contribution in [-0.2, 0) is 9.53 Å². The first-order valence-electron chi connectivity index (χ1n) is 11.9. The lowest BCUT2D eigenvalue weighted by Gasteiger charge is -2.26. The summed E-state index contributed by atoms with van der Waals surface area (Å²) < 4.78 is 19.8. The van der Waals surface area contributed by atoms with Gasteiger partial charge in [-0.2, -0.15) is 0 Å². The normalized spacial score (nSPS) is 15.3. The quantitative estimate of drug-likeness (QED) is 0.218. The number of thiazole rings is 1. The number of methoxy groups -OCH3 is 1. The van der Waals surface area contributed by atoms with Crippen LogP contribution in [0.1, 0.15) is 38.1 Å². The molecule has 0 fully saturated rings. The number of esters is 1. The first-order chi connectivity index (χ1) is 18.7. The molecule has 9 nitrogen and oxygen atoms in total. The summed E-state index contributed by atoms with van der Waals surface area (Å²) in [5, 5.41) is 1.14. The Hall–Kier alpha value is -3.48. The zero-order valence-corrected chi connectivity index (χ0v) is 24.6. The van der Waals surface area contributed by atoms with Crippen LogP contribution in [0.5, 0.6) is 5.75 Å². The predicted octanol–water partition coefficient (Wildman–Crippen LogP) is 4.49. The van der Waals surface area contributed by atoms with Crippen molar-refractivity contribution in [2.75, 3.05) is 7.11 Å². The minimum absolute atomic E-state index is 0.276. The third-order valence-corrected chi connectivity index (χ3v) is 7.97. The van der Waals surface area contributed by atoms with E-state index in [0.717, 1.165) is 4.47 Å². The summed E-state index contributed by atoms with van der Waals surface area (Å²) in [6.07, 6.45) is 4.63. The van der Waals surface area contributed by atoms with E-state index in [1.54, 1.807) is 70.6 Å². The van der Waals surface area contributed by atoms with Crippen LogP contribution in [0.2, 0.25) is 0 Å². The van der Waals surface area contributed by atoms with Crippen molar-refractivity contribution in [3.8, 4) is 5.75 Å². The summed E-state index contributed by atoms with van der Waals surface area (Å²) in [4.78, 5) is 40.7. The van der Waals surface area contributed by atoms with E-state index in [1.807, 2.05) is 12.1 Å². The van der Waals surface area contributed by atoms with Crippen LogP contribution in [0.3, 0.4) is 0 Å². The van der Waals surface area contributed by atoms with E-state index in [2.05, 4.69) is 30.9 Å². The van der Waals surface area contributed by atoms with Gasteiger partial charge in [0.2, 0.25) is 0 Å². The number of rotatable bonds is 7. The number of ether oxygens (including phenoxy) is 2. The Labute approximate surface area is 240 Å². The van der Waals surface area contributed by atoms with Crippen molar-refractivity contribution >= 4 is 51.1 Å². The Bertz CT molecular complexity index is 1760. The van der Waals surface area contributed by atoms with Gasteiger partial charge in [0.05, 0.1) is 29.0 Å². The second-order valence-corrected chi connectivity index (χ2v) is 11.6. The van der Waals surface area contributed by atoms with Gasteiger partial charge >= 0.3 is 5.97 Å². The van der Waals surface area contributed by atoms with E-state index in [0.29, 0.717) is 42.4 Å². The largest absolute Gasteiger partial charge is 0.496 e. The van der Waals surface area contributed by atoms with Crippen molar-refractivity contribution in [3.63, 3.8) is 0 Å². The summed E-state index contributed by atoms with van der Waals surface area (Å²) in [5.41, 5.74) is 1.06. The minimum atomic E-state index is -0.806. The van der Waals surface area contributed by atoms with Crippen molar-refractivity contribution in [2.24, 2.45) is 4.99 Å². The van der Waals surface area contributed by atoms with Gasteiger partial charge in [0, 0.05) is 28.5 Å². The zero-order valence-electron chi connectivity index (χ0n) is 21.4. The van der Waals surface area contributed by atoms with Crippen LogP contribution in [-0.4, -0.2) is 33.7 Å². The third-order valence-electron chi connectivity index (χ3n) is 5.68. The molecule has 0 radical (unpaired) electrons. The fraction of sp³-hybridized carbons (Fsp3) is 0.222. The molecule has 0 aliphatic carbocycles. The number of halogens is 1. The molecule has 3 aromatic heterocycles. The summed E-state index contributed by atoms with van der Waals surface area (Å²) in [5.74, 6) is 0.479. The molecular weight excluding hydrogens is 604 g/mol. The maximum absolute atomic E-state index is 13.9. The van der Waals surface area contributed by atoms with E-state index in [4.69, 9.17) is 13.9 Å². The van der Waals surface area contributed by atoms with Gasteiger partial charge in [0.25, 0.3) is 5.56 Å². The van der Waals surface area contributed by atoms with Gasteiger partial charge in [-0.25, -0.2) is 19.8 Å². The maximum Gasteiger partial charge on any atom is 0.338 e. The molecule has 0 saturated carbocycles. The Kier molecular flexibility index (Phi) is 7.87. The van der Waals surface area contributed by atoms with Crippen molar-refractivity contribution in [3.05, 3.63) is 95.5 Å². The molecule has 1 aromatic carbocycles. The number of carbonyl (C=O) groups excluding carboxylic acids is 1. The molecule has 12 heteroatoms. The van der Waals surface area contributed by atoms with Gasteiger partial charge in [-0.1, -0.05) is 27.3 Å². The van der Waals surface area contributed by atoms with E-state index >= 15 is 0 Å².